The molecule has 0 N–H and O–H groups in total. The monoisotopic (exact) mass is 380 g/mol. The highest BCUT2D eigenvalue weighted by atomic mass is 14.2. The first-order chi connectivity index (χ1) is 14.8. The van der Waals surface area contributed by atoms with Crippen LogP contribution in [-0.4, -0.2) is 0 Å². The molecule has 1 radical (unpaired) electrons. The first-order valence-electron chi connectivity index (χ1n) is 9.93. The molecule has 1 nitrogen and oxygen atoms in total. The highest BCUT2D eigenvalue weighted by molar-refractivity contribution is 5.99. The predicted molar refractivity (Wildman–Crippen MR) is 124 cm³/mol. The van der Waals surface area contributed by atoms with Crippen LogP contribution >= 0.6 is 0 Å². The Kier molecular flexibility index (Phi) is 4.60. The lowest BCUT2D eigenvalue weighted by Gasteiger charge is -2.11. The SMILES string of the molecule is N#Cc1ccc(-c2cc(-c3ccc(-c4ccccc4)cc3)[c]c3ccccc23)cc1. The number of nitrogens with zero attached hydrogens (tertiary/aromatic N) is 1. The molecule has 0 atom stereocenters. The normalized spacial score (nSPS) is 10.6. The summed E-state index contributed by atoms with van der Waals surface area (Å²) in [4.78, 5) is 0. The van der Waals surface area contributed by atoms with Gasteiger partial charge in [-0.05, 0) is 68.4 Å². The first kappa shape index (κ1) is 17.9. The van der Waals surface area contributed by atoms with E-state index in [4.69, 9.17) is 5.26 Å². The van der Waals surface area contributed by atoms with Crippen LogP contribution in [0.2, 0.25) is 0 Å². The van der Waals surface area contributed by atoms with Crippen molar-refractivity contribution in [1.82, 2.24) is 0 Å². The third-order valence-electron chi connectivity index (χ3n) is 5.40. The zero-order chi connectivity index (χ0) is 20.3. The lowest BCUT2D eigenvalue weighted by molar-refractivity contribution is 1.48. The second-order valence-corrected chi connectivity index (χ2v) is 7.27. The molecule has 0 bridgehead atoms. The molecular formula is C29H18N. The van der Waals surface area contributed by atoms with E-state index in [9.17, 15) is 0 Å². The van der Waals surface area contributed by atoms with Crippen molar-refractivity contribution < 1.29 is 0 Å². The second kappa shape index (κ2) is 7.70. The van der Waals surface area contributed by atoms with Crippen LogP contribution in [0, 0.1) is 17.4 Å². The maximum atomic E-state index is 9.11. The average Bonchev–Trinajstić information content (AvgIpc) is 2.84. The quantitative estimate of drug-likeness (QED) is 0.318. The molecule has 0 aliphatic carbocycles. The van der Waals surface area contributed by atoms with Gasteiger partial charge in [0, 0.05) is 0 Å². The lowest BCUT2D eigenvalue weighted by Crippen LogP contribution is -1.87. The Labute approximate surface area is 176 Å². The summed E-state index contributed by atoms with van der Waals surface area (Å²) in [6.45, 7) is 0. The van der Waals surface area contributed by atoms with Crippen molar-refractivity contribution in [3.05, 3.63) is 121 Å². The molecule has 30 heavy (non-hydrogen) atoms. The van der Waals surface area contributed by atoms with Gasteiger partial charge in [-0.25, -0.2) is 0 Å². The molecule has 0 aliphatic heterocycles. The van der Waals surface area contributed by atoms with Gasteiger partial charge in [-0.3, -0.25) is 0 Å². The number of rotatable bonds is 3. The number of hydrogen-bond donors (Lipinski definition) is 0. The summed E-state index contributed by atoms with van der Waals surface area (Å²) in [6.07, 6.45) is 0. The van der Waals surface area contributed by atoms with Crippen LogP contribution in [0.1, 0.15) is 5.56 Å². The van der Waals surface area contributed by atoms with Crippen molar-refractivity contribution in [2.75, 3.05) is 0 Å². The van der Waals surface area contributed by atoms with Crippen LogP contribution < -0.4 is 0 Å². The molecule has 0 aliphatic rings. The lowest BCUT2D eigenvalue weighted by atomic mass is 9.92. The van der Waals surface area contributed by atoms with Crippen molar-refractivity contribution >= 4 is 10.8 Å². The van der Waals surface area contributed by atoms with Gasteiger partial charge in [0.05, 0.1) is 11.6 Å². The van der Waals surface area contributed by atoms with Crippen LogP contribution in [0.4, 0.5) is 0 Å². The van der Waals surface area contributed by atoms with Crippen molar-refractivity contribution in [1.29, 1.82) is 5.26 Å². The topological polar surface area (TPSA) is 23.8 Å². The third kappa shape index (κ3) is 3.36. The Balaban J connectivity index is 1.62. The minimum absolute atomic E-state index is 0.669. The largest absolute Gasteiger partial charge is 0.192 e. The summed E-state index contributed by atoms with van der Waals surface area (Å²) in [7, 11) is 0. The molecule has 5 aromatic rings. The molecule has 0 fully saturated rings. The molecule has 5 aromatic carbocycles. The highest BCUT2D eigenvalue weighted by Crippen LogP contribution is 2.34. The van der Waals surface area contributed by atoms with E-state index in [1.165, 1.54) is 11.1 Å². The summed E-state index contributed by atoms with van der Waals surface area (Å²) in [5.41, 5.74) is 7.53. The van der Waals surface area contributed by atoms with Crippen LogP contribution in [0.25, 0.3) is 44.2 Å². The Bertz CT molecular complexity index is 1360. The molecular weight excluding hydrogens is 362 g/mol. The smallest absolute Gasteiger partial charge is 0.0991 e. The third-order valence-corrected chi connectivity index (χ3v) is 5.40. The average molecular weight is 380 g/mol. The molecule has 139 valence electrons. The minimum Gasteiger partial charge on any atom is -0.192 e. The summed E-state index contributed by atoms with van der Waals surface area (Å²) < 4.78 is 0. The Morgan fingerprint density at radius 2 is 1.17 bits per heavy atom. The fourth-order valence-corrected chi connectivity index (χ4v) is 3.82. The summed E-state index contributed by atoms with van der Waals surface area (Å²) in [6, 6.07) is 43.1. The first-order valence-corrected chi connectivity index (χ1v) is 9.93. The summed E-state index contributed by atoms with van der Waals surface area (Å²) >= 11 is 0. The zero-order valence-electron chi connectivity index (χ0n) is 16.3. The van der Waals surface area contributed by atoms with Gasteiger partial charge in [-0.15, -0.1) is 0 Å². The molecule has 5 rings (SSSR count). The molecule has 0 aromatic heterocycles. The van der Waals surface area contributed by atoms with E-state index in [0.717, 1.165) is 33.0 Å². The van der Waals surface area contributed by atoms with E-state index in [-0.39, 0.29) is 0 Å². The van der Waals surface area contributed by atoms with Gasteiger partial charge in [0.15, 0.2) is 0 Å². The van der Waals surface area contributed by atoms with E-state index < -0.39 is 0 Å². The van der Waals surface area contributed by atoms with E-state index in [1.54, 1.807) is 0 Å². The van der Waals surface area contributed by atoms with Gasteiger partial charge >= 0.3 is 0 Å². The van der Waals surface area contributed by atoms with Gasteiger partial charge < -0.3 is 0 Å². The van der Waals surface area contributed by atoms with Gasteiger partial charge in [0.1, 0.15) is 0 Å². The summed E-state index contributed by atoms with van der Waals surface area (Å²) in [5.74, 6) is 0. The number of benzene rings is 5. The molecule has 0 spiro atoms. The van der Waals surface area contributed by atoms with Crippen molar-refractivity contribution in [3.8, 4) is 39.4 Å². The van der Waals surface area contributed by atoms with Crippen LogP contribution in [0.3, 0.4) is 0 Å². The van der Waals surface area contributed by atoms with Crippen LogP contribution in [-0.2, 0) is 0 Å². The molecule has 0 saturated heterocycles. The van der Waals surface area contributed by atoms with Gasteiger partial charge in [-0.2, -0.15) is 5.26 Å². The zero-order valence-corrected chi connectivity index (χ0v) is 16.3. The van der Waals surface area contributed by atoms with E-state index in [0.29, 0.717) is 5.56 Å². The fraction of sp³-hybridized carbons (Fsp3) is 0. The van der Waals surface area contributed by atoms with Crippen LogP contribution in [0.15, 0.2) is 109 Å². The van der Waals surface area contributed by atoms with Crippen molar-refractivity contribution in [3.63, 3.8) is 0 Å². The molecule has 0 unspecified atom stereocenters. The van der Waals surface area contributed by atoms with Gasteiger partial charge in [0.2, 0.25) is 0 Å². The van der Waals surface area contributed by atoms with Gasteiger partial charge in [-0.1, -0.05) is 91.0 Å². The molecule has 1 heteroatoms. The van der Waals surface area contributed by atoms with Crippen molar-refractivity contribution in [2.45, 2.75) is 0 Å². The molecule has 0 amide bonds. The van der Waals surface area contributed by atoms with Crippen LogP contribution in [0.5, 0.6) is 0 Å². The highest BCUT2D eigenvalue weighted by Gasteiger charge is 2.09. The minimum atomic E-state index is 0.669. The number of nitriles is 1. The van der Waals surface area contributed by atoms with Gasteiger partial charge in [0.25, 0.3) is 0 Å². The molecule has 0 saturated carbocycles. The maximum absolute atomic E-state index is 9.11. The standard InChI is InChI=1S/C29H18N/c30-20-21-10-12-25(13-11-21)29-19-27(18-26-8-4-5-9-28(26)29)24-16-14-23(15-17-24)22-6-2-1-3-7-22/h1-17,19H. The Morgan fingerprint density at radius 1 is 0.567 bits per heavy atom. The van der Waals surface area contributed by atoms with Crippen molar-refractivity contribution in [2.24, 2.45) is 0 Å². The van der Waals surface area contributed by atoms with E-state index in [2.05, 4.69) is 84.9 Å². The van der Waals surface area contributed by atoms with E-state index in [1.807, 2.05) is 36.4 Å². The number of hydrogen-bond acceptors (Lipinski definition) is 1. The molecule has 0 heterocycles. The van der Waals surface area contributed by atoms with E-state index >= 15 is 0 Å². The fourth-order valence-electron chi connectivity index (χ4n) is 3.82. The second-order valence-electron chi connectivity index (χ2n) is 7.27. The summed E-state index contributed by atoms with van der Waals surface area (Å²) in [5, 5.41) is 11.4. The Hall–Kier alpha value is -4.15. The number of fused-ring (bicyclic) bond motifs is 1. The maximum Gasteiger partial charge on any atom is 0.0991 e. The Morgan fingerprint density at radius 3 is 1.90 bits per heavy atom. The predicted octanol–water partition coefficient (Wildman–Crippen LogP) is 7.51.